The minimum atomic E-state index is -3.77. The average molecular weight is 295 g/mol. The summed E-state index contributed by atoms with van der Waals surface area (Å²) >= 11 is 0. The van der Waals surface area contributed by atoms with Crippen LogP contribution < -0.4 is 9.46 Å². The van der Waals surface area contributed by atoms with Gasteiger partial charge in [-0.25, -0.2) is 12.8 Å². The number of ether oxygens (including phenoxy) is 1. The van der Waals surface area contributed by atoms with E-state index in [0.717, 1.165) is 12.1 Å². The summed E-state index contributed by atoms with van der Waals surface area (Å²) in [4.78, 5) is -0.00907. The predicted molar refractivity (Wildman–Crippen MR) is 74.8 cm³/mol. The molecule has 1 N–H and O–H groups in total. The Kier molecular flexibility index (Phi) is 4.24. The van der Waals surface area contributed by atoms with Crippen molar-refractivity contribution in [2.45, 2.75) is 11.8 Å². The molecule has 0 unspecified atom stereocenters. The van der Waals surface area contributed by atoms with Crippen LogP contribution in [0, 0.1) is 5.82 Å². The first kappa shape index (κ1) is 14.3. The Hall–Kier alpha value is -2.08. The average Bonchev–Trinajstić information content (AvgIpc) is 2.41. The van der Waals surface area contributed by atoms with Gasteiger partial charge in [0.15, 0.2) is 0 Å². The van der Waals surface area contributed by atoms with Crippen molar-refractivity contribution < 1.29 is 17.5 Å². The molecule has 20 heavy (non-hydrogen) atoms. The lowest BCUT2D eigenvalue weighted by atomic mass is 10.3. The Morgan fingerprint density at radius 2 is 1.75 bits per heavy atom. The van der Waals surface area contributed by atoms with Crippen LogP contribution in [0.4, 0.5) is 10.1 Å². The minimum absolute atomic E-state index is 0.00907. The third-order valence-corrected chi connectivity index (χ3v) is 3.94. The summed E-state index contributed by atoms with van der Waals surface area (Å²) in [6.07, 6.45) is 0. The fourth-order valence-corrected chi connectivity index (χ4v) is 2.72. The molecule has 0 aliphatic heterocycles. The topological polar surface area (TPSA) is 55.4 Å². The largest absolute Gasteiger partial charge is 0.492 e. The van der Waals surface area contributed by atoms with Crippen molar-refractivity contribution in [3.63, 3.8) is 0 Å². The fraction of sp³-hybridized carbons (Fsp3) is 0.143. The van der Waals surface area contributed by atoms with E-state index in [1.165, 1.54) is 12.1 Å². The molecule has 0 saturated heterocycles. The van der Waals surface area contributed by atoms with E-state index in [1.54, 1.807) is 24.3 Å². The number of halogens is 1. The van der Waals surface area contributed by atoms with Gasteiger partial charge in [-0.1, -0.05) is 12.1 Å². The summed E-state index contributed by atoms with van der Waals surface area (Å²) < 4.78 is 45.0. The number of rotatable bonds is 5. The number of anilines is 1. The Morgan fingerprint density at radius 3 is 2.40 bits per heavy atom. The quantitative estimate of drug-likeness (QED) is 0.922. The molecule has 0 amide bonds. The molecule has 6 heteroatoms. The maximum Gasteiger partial charge on any atom is 0.262 e. The van der Waals surface area contributed by atoms with Gasteiger partial charge in [0.25, 0.3) is 10.0 Å². The molecule has 0 spiro atoms. The van der Waals surface area contributed by atoms with E-state index in [1.807, 2.05) is 6.92 Å². The van der Waals surface area contributed by atoms with E-state index < -0.39 is 15.8 Å². The molecule has 0 aliphatic carbocycles. The maximum atomic E-state index is 12.8. The molecule has 0 bridgehead atoms. The smallest absolute Gasteiger partial charge is 0.262 e. The highest BCUT2D eigenvalue weighted by molar-refractivity contribution is 7.92. The highest BCUT2D eigenvalue weighted by Crippen LogP contribution is 2.26. The summed E-state index contributed by atoms with van der Waals surface area (Å²) in [6.45, 7) is 2.24. The predicted octanol–water partition coefficient (Wildman–Crippen LogP) is 3.03. The van der Waals surface area contributed by atoms with Gasteiger partial charge in [-0.2, -0.15) is 0 Å². The molecule has 0 radical (unpaired) electrons. The summed E-state index contributed by atoms with van der Waals surface area (Å²) in [6, 6.07) is 11.3. The van der Waals surface area contributed by atoms with E-state index >= 15 is 0 Å². The molecule has 0 heterocycles. The highest BCUT2D eigenvalue weighted by Gasteiger charge is 2.16. The van der Waals surface area contributed by atoms with Crippen LogP contribution in [0.5, 0.6) is 5.75 Å². The fourth-order valence-electron chi connectivity index (χ4n) is 1.65. The second kappa shape index (κ2) is 5.92. The van der Waals surface area contributed by atoms with Gasteiger partial charge >= 0.3 is 0 Å². The Bertz CT molecular complexity index is 684. The molecule has 0 saturated carbocycles. The van der Waals surface area contributed by atoms with Gasteiger partial charge in [0.1, 0.15) is 11.6 Å². The molecule has 4 nitrogen and oxygen atoms in total. The van der Waals surface area contributed by atoms with Crippen LogP contribution >= 0.6 is 0 Å². The second-order valence-corrected chi connectivity index (χ2v) is 5.67. The van der Waals surface area contributed by atoms with Gasteiger partial charge in [0.05, 0.1) is 17.2 Å². The van der Waals surface area contributed by atoms with Crippen LogP contribution in [-0.4, -0.2) is 15.0 Å². The summed E-state index contributed by atoms with van der Waals surface area (Å²) in [7, 11) is -3.77. The molecule has 2 aromatic carbocycles. The van der Waals surface area contributed by atoms with Crippen molar-refractivity contribution in [2.24, 2.45) is 0 Å². The lowest BCUT2D eigenvalue weighted by Gasteiger charge is -2.12. The molecule has 2 rings (SSSR count). The Morgan fingerprint density at radius 1 is 1.10 bits per heavy atom. The normalized spacial score (nSPS) is 11.1. The van der Waals surface area contributed by atoms with E-state index in [-0.39, 0.29) is 4.90 Å². The molecule has 106 valence electrons. The van der Waals surface area contributed by atoms with E-state index in [4.69, 9.17) is 4.74 Å². The first-order valence-corrected chi connectivity index (χ1v) is 7.51. The number of para-hydroxylation sites is 2. The van der Waals surface area contributed by atoms with Crippen LogP contribution in [0.2, 0.25) is 0 Å². The maximum absolute atomic E-state index is 12.8. The summed E-state index contributed by atoms with van der Waals surface area (Å²) in [5.41, 5.74) is 0.346. The van der Waals surface area contributed by atoms with Gasteiger partial charge in [-0.3, -0.25) is 4.72 Å². The number of hydrogen-bond acceptors (Lipinski definition) is 3. The van der Waals surface area contributed by atoms with Crippen LogP contribution in [0.15, 0.2) is 53.4 Å². The van der Waals surface area contributed by atoms with Crippen LogP contribution in [0.1, 0.15) is 6.92 Å². The first-order chi connectivity index (χ1) is 9.53. The van der Waals surface area contributed by atoms with Crippen LogP contribution in [-0.2, 0) is 10.0 Å². The Labute approximate surface area is 117 Å². The number of benzene rings is 2. The SMILES string of the molecule is CCOc1ccccc1NS(=O)(=O)c1ccc(F)cc1. The van der Waals surface area contributed by atoms with Crippen molar-refractivity contribution >= 4 is 15.7 Å². The van der Waals surface area contributed by atoms with E-state index in [9.17, 15) is 12.8 Å². The van der Waals surface area contributed by atoms with Gasteiger partial charge < -0.3 is 4.74 Å². The van der Waals surface area contributed by atoms with Gasteiger partial charge in [-0.15, -0.1) is 0 Å². The molecule has 0 fully saturated rings. The van der Waals surface area contributed by atoms with Crippen LogP contribution in [0.3, 0.4) is 0 Å². The lowest BCUT2D eigenvalue weighted by Crippen LogP contribution is -2.13. The zero-order chi connectivity index (χ0) is 14.6. The molecule has 0 aliphatic rings. The van der Waals surface area contributed by atoms with E-state index in [2.05, 4.69) is 4.72 Å². The monoisotopic (exact) mass is 295 g/mol. The van der Waals surface area contributed by atoms with Crippen molar-refractivity contribution in [2.75, 3.05) is 11.3 Å². The third-order valence-electron chi connectivity index (χ3n) is 2.56. The van der Waals surface area contributed by atoms with Crippen molar-refractivity contribution in [3.05, 3.63) is 54.3 Å². The van der Waals surface area contributed by atoms with Crippen molar-refractivity contribution in [1.29, 1.82) is 0 Å². The number of nitrogens with one attached hydrogen (secondary N) is 1. The van der Waals surface area contributed by atoms with Crippen molar-refractivity contribution in [1.82, 2.24) is 0 Å². The standard InChI is InChI=1S/C14H14FNO3S/c1-2-19-14-6-4-3-5-13(14)16-20(17,18)12-9-7-11(15)8-10-12/h3-10,16H,2H2,1H3. The molecular formula is C14H14FNO3S. The molecule has 2 aromatic rings. The molecular weight excluding hydrogens is 281 g/mol. The van der Waals surface area contributed by atoms with Gasteiger partial charge in [0, 0.05) is 0 Å². The second-order valence-electron chi connectivity index (χ2n) is 3.99. The van der Waals surface area contributed by atoms with E-state index in [0.29, 0.717) is 18.0 Å². The minimum Gasteiger partial charge on any atom is -0.492 e. The zero-order valence-electron chi connectivity index (χ0n) is 10.8. The zero-order valence-corrected chi connectivity index (χ0v) is 11.7. The molecule has 0 aromatic heterocycles. The van der Waals surface area contributed by atoms with Crippen LogP contribution in [0.25, 0.3) is 0 Å². The first-order valence-electron chi connectivity index (χ1n) is 6.03. The summed E-state index contributed by atoms with van der Waals surface area (Å²) in [5.74, 6) is -0.0423. The third kappa shape index (κ3) is 3.27. The molecule has 0 atom stereocenters. The number of hydrogen-bond donors (Lipinski definition) is 1. The van der Waals surface area contributed by atoms with Gasteiger partial charge in [-0.05, 0) is 43.3 Å². The number of sulfonamides is 1. The van der Waals surface area contributed by atoms with Gasteiger partial charge in [0.2, 0.25) is 0 Å². The highest BCUT2D eigenvalue weighted by atomic mass is 32.2. The summed E-state index contributed by atoms with van der Waals surface area (Å²) in [5, 5.41) is 0. The Balaban J connectivity index is 2.31. The lowest BCUT2D eigenvalue weighted by molar-refractivity contribution is 0.342. The van der Waals surface area contributed by atoms with Crippen molar-refractivity contribution in [3.8, 4) is 5.75 Å².